The molecule has 0 aromatic rings. The molecule has 0 atom stereocenters. The SMILES string of the molecule is CC(=O)O[Si](C)(CCCC1COC1)OC(C)=O. The zero-order valence-corrected chi connectivity index (χ0v) is 11.7. The maximum atomic E-state index is 11.0. The Morgan fingerprint density at radius 2 is 1.76 bits per heavy atom. The van der Waals surface area contributed by atoms with E-state index in [1.807, 2.05) is 0 Å². The molecule has 17 heavy (non-hydrogen) atoms. The quantitative estimate of drug-likeness (QED) is 0.679. The van der Waals surface area contributed by atoms with Gasteiger partial charge in [0, 0.05) is 32.4 Å². The van der Waals surface area contributed by atoms with Crippen LogP contribution in [0.4, 0.5) is 0 Å². The fourth-order valence-electron chi connectivity index (χ4n) is 1.89. The summed E-state index contributed by atoms with van der Waals surface area (Å²) in [5, 5.41) is 0. The summed E-state index contributed by atoms with van der Waals surface area (Å²) in [7, 11) is -2.67. The number of carbonyl (C=O) groups is 2. The Hall–Kier alpha value is -0.883. The Kier molecular flexibility index (Phi) is 5.14. The summed E-state index contributed by atoms with van der Waals surface area (Å²) in [6.45, 7) is 6.08. The molecule has 0 aliphatic carbocycles. The maximum absolute atomic E-state index is 11.0. The summed E-state index contributed by atoms with van der Waals surface area (Å²) in [4.78, 5) is 22.0. The molecule has 5 nitrogen and oxygen atoms in total. The van der Waals surface area contributed by atoms with Gasteiger partial charge in [0.05, 0.1) is 13.2 Å². The molecule has 0 spiro atoms. The van der Waals surface area contributed by atoms with E-state index in [-0.39, 0.29) is 11.9 Å². The Labute approximate surface area is 103 Å². The standard InChI is InChI=1S/C11H20O5Si/c1-9(12)15-17(3,16-10(2)13)6-4-5-11-7-14-8-11/h11H,4-8H2,1-3H3. The Bertz CT molecular complexity index is 272. The normalized spacial score (nSPS) is 16.2. The summed E-state index contributed by atoms with van der Waals surface area (Å²) in [5.41, 5.74) is 0. The van der Waals surface area contributed by atoms with Crippen molar-refractivity contribution in [2.45, 2.75) is 39.3 Å². The number of carbonyl (C=O) groups excluding carboxylic acids is 2. The first-order valence-electron chi connectivity index (χ1n) is 5.88. The van der Waals surface area contributed by atoms with Crippen LogP contribution in [-0.2, 0) is 23.2 Å². The van der Waals surface area contributed by atoms with Gasteiger partial charge in [0.1, 0.15) is 0 Å². The van der Waals surface area contributed by atoms with Gasteiger partial charge in [-0.15, -0.1) is 0 Å². The smallest absolute Gasteiger partial charge is 0.461 e. The molecular formula is C11H20O5Si. The van der Waals surface area contributed by atoms with Crippen molar-refractivity contribution in [3.63, 3.8) is 0 Å². The van der Waals surface area contributed by atoms with Crippen molar-refractivity contribution in [2.24, 2.45) is 5.92 Å². The monoisotopic (exact) mass is 260 g/mol. The summed E-state index contributed by atoms with van der Waals surface area (Å²) in [5.74, 6) is -0.150. The third kappa shape index (κ3) is 5.32. The molecular weight excluding hydrogens is 240 g/mol. The van der Waals surface area contributed by atoms with E-state index in [0.29, 0.717) is 12.0 Å². The van der Waals surface area contributed by atoms with Gasteiger partial charge in [0.25, 0.3) is 11.9 Å². The van der Waals surface area contributed by atoms with Crippen molar-refractivity contribution >= 4 is 20.5 Å². The second kappa shape index (κ2) is 6.16. The molecule has 1 saturated heterocycles. The zero-order chi connectivity index (χ0) is 12.9. The molecule has 0 aromatic carbocycles. The van der Waals surface area contributed by atoms with Gasteiger partial charge < -0.3 is 13.6 Å². The highest BCUT2D eigenvalue weighted by Gasteiger charge is 2.37. The Balaban J connectivity index is 2.37. The molecule has 0 unspecified atom stereocenters. The molecule has 1 heterocycles. The fourth-order valence-corrected chi connectivity index (χ4v) is 4.20. The van der Waals surface area contributed by atoms with Crippen molar-refractivity contribution in [1.82, 2.24) is 0 Å². The van der Waals surface area contributed by atoms with E-state index in [4.69, 9.17) is 13.6 Å². The third-order valence-corrected chi connectivity index (χ3v) is 5.37. The second-order valence-corrected chi connectivity index (χ2v) is 7.79. The zero-order valence-electron chi connectivity index (χ0n) is 10.7. The molecule has 1 rings (SSSR count). The molecule has 0 amide bonds. The highest BCUT2D eigenvalue weighted by Crippen LogP contribution is 2.23. The van der Waals surface area contributed by atoms with E-state index in [9.17, 15) is 9.59 Å². The van der Waals surface area contributed by atoms with Crippen molar-refractivity contribution < 1.29 is 23.2 Å². The minimum Gasteiger partial charge on any atom is -0.485 e. The fraction of sp³-hybridized carbons (Fsp3) is 0.818. The van der Waals surface area contributed by atoms with Gasteiger partial charge in [-0.3, -0.25) is 9.59 Å². The van der Waals surface area contributed by atoms with Crippen LogP contribution < -0.4 is 0 Å². The summed E-state index contributed by atoms with van der Waals surface area (Å²) < 4.78 is 15.5. The first-order chi connectivity index (χ1) is 7.91. The molecule has 98 valence electrons. The predicted molar refractivity (Wildman–Crippen MR) is 63.5 cm³/mol. The number of hydrogen-bond donors (Lipinski definition) is 0. The van der Waals surface area contributed by atoms with Gasteiger partial charge in [-0.1, -0.05) is 0 Å². The van der Waals surface area contributed by atoms with Crippen LogP contribution >= 0.6 is 0 Å². The number of rotatable bonds is 6. The first-order valence-corrected chi connectivity index (χ1v) is 8.40. The van der Waals surface area contributed by atoms with Crippen LogP contribution in [0.1, 0.15) is 26.7 Å². The van der Waals surface area contributed by atoms with Crippen molar-refractivity contribution in [1.29, 1.82) is 0 Å². The summed E-state index contributed by atoms with van der Waals surface area (Å²) in [6, 6.07) is 0.655. The van der Waals surface area contributed by atoms with Crippen molar-refractivity contribution in [3.05, 3.63) is 0 Å². The lowest BCUT2D eigenvalue weighted by Crippen LogP contribution is -2.42. The van der Waals surface area contributed by atoms with Gasteiger partial charge >= 0.3 is 8.56 Å². The number of hydrogen-bond acceptors (Lipinski definition) is 5. The van der Waals surface area contributed by atoms with Gasteiger partial charge in [-0.05, 0) is 12.8 Å². The molecule has 6 heteroatoms. The predicted octanol–water partition coefficient (Wildman–Crippen LogP) is 1.61. The largest absolute Gasteiger partial charge is 0.485 e. The Morgan fingerprint density at radius 1 is 1.24 bits per heavy atom. The van der Waals surface area contributed by atoms with Crippen LogP contribution in [0.3, 0.4) is 0 Å². The molecule has 1 fully saturated rings. The third-order valence-electron chi connectivity index (χ3n) is 2.67. The van der Waals surface area contributed by atoms with E-state index < -0.39 is 8.56 Å². The van der Waals surface area contributed by atoms with Crippen LogP contribution in [0, 0.1) is 5.92 Å². The molecule has 1 aliphatic rings. The topological polar surface area (TPSA) is 61.8 Å². The summed E-state index contributed by atoms with van der Waals surface area (Å²) >= 11 is 0. The van der Waals surface area contributed by atoms with E-state index in [1.165, 1.54) is 13.8 Å². The molecule has 1 aliphatic heterocycles. The lowest BCUT2D eigenvalue weighted by Gasteiger charge is -2.28. The second-order valence-electron chi connectivity index (χ2n) is 4.62. The van der Waals surface area contributed by atoms with E-state index in [1.54, 1.807) is 6.55 Å². The molecule has 0 bridgehead atoms. The van der Waals surface area contributed by atoms with Crippen LogP contribution in [0.2, 0.25) is 12.6 Å². The van der Waals surface area contributed by atoms with Gasteiger partial charge in [-0.2, -0.15) is 0 Å². The van der Waals surface area contributed by atoms with E-state index in [0.717, 1.165) is 26.1 Å². The number of ether oxygens (including phenoxy) is 1. The first kappa shape index (κ1) is 14.2. The summed E-state index contributed by atoms with van der Waals surface area (Å²) in [6.07, 6.45) is 1.93. The van der Waals surface area contributed by atoms with Crippen LogP contribution in [0.15, 0.2) is 0 Å². The molecule has 0 N–H and O–H groups in total. The maximum Gasteiger partial charge on any atom is 0.461 e. The van der Waals surface area contributed by atoms with Gasteiger partial charge in [0.15, 0.2) is 0 Å². The van der Waals surface area contributed by atoms with Gasteiger partial charge in [0.2, 0.25) is 0 Å². The van der Waals surface area contributed by atoms with Gasteiger partial charge in [-0.25, -0.2) is 0 Å². The molecule has 0 saturated carbocycles. The lowest BCUT2D eigenvalue weighted by molar-refractivity contribution is -0.138. The van der Waals surface area contributed by atoms with Crippen LogP contribution in [0.25, 0.3) is 0 Å². The minimum absolute atomic E-state index is 0.382. The van der Waals surface area contributed by atoms with E-state index in [2.05, 4.69) is 0 Å². The van der Waals surface area contributed by atoms with Crippen LogP contribution in [0.5, 0.6) is 0 Å². The van der Waals surface area contributed by atoms with Crippen molar-refractivity contribution in [2.75, 3.05) is 13.2 Å². The average molecular weight is 260 g/mol. The van der Waals surface area contributed by atoms with Crippen LogP contribution in [-0.4, -0.2) is 33.7 Å². The lowest BCUT2D eigenvalue weighted by atomic mass is 10.0. The highest BCUT2D eigenvalue weighted by molar-refractivity contribution is 6.69. The molecule has 0 radical (unpaired) electrons. The van der Waals surface area contributed by atoms with E-state index >= 15 is 0 Å². The molecule has 0 aromatic heterocycles. The van der Waals surface area contributed by atoms with Crippen molar-refractivity contribution in [3.8, 4) is 0 Å². The highest BCUT2D eigenvalue weighted by atomic mass is 28.4. The average Bonchev–Trinajstić information content (AvgIpc) is 2.06. The minimum atomic E-state index is -2.67. The Morgan fingerprint density at radius 3 is 2.12 bits per heavy atom.